The van der Waals surface area contributed by atoms with E-state index in [-0.39, 0.29) is 5.75 Å². The number of nitrogens with zero attached hydrogens (tertiary/aromatic N) is 1. The van der Waals surface area contributed by atoms with Crippen LogP contribution >= 0.6 is 0 Å². The van der Waals surface area contributed by atoms with Gasteiger partial charge in [0.1, 0.15) is 0 Å². The Bertz CT molecular complexity index is 554. The van der Waals surface area contributed by atoms with Crippen molar-refractivity contribution in [3.05, 3.63) is 35.9 Å². The maximum atomic E-state index is 11.7. The Morgan fingerprint density at radius 2 is 1.91 bits per heavy atom. The van der Waals surface area contributed by atoms with Gasteiger partial charge in [-0.25, -0.2) is 13.1 Å². The van der Waals surface area contributed by atoms with Crippen molar-refractivity contribution in [2.45, 2.75) is 32.3 Å². The van der Waals surface area contributed by atoms with Crippen LogP contribution in [0.15, 0.2) is 30.3 Å². The number of nitrogens with one attached hydrogen (secondary N) is 1. The molecule has 0 aliphatic carbocycles. The molecule has 0 radical (unpaired) electrons. The number of benzene rings is 1. The Hall–Kier alpha value is -0.950. The van der Waals surface area contributed by atoms with Crippen LogP contribution in [-0.4, -0.2) is 50.4 Å². The van der Waals surface area contributed by atoms with Crippen LogP contribution in [-0.2, 0) is 10.0 Å². The van der Waals surface area contributed by atoms with Gasteiger partial charge < -0.3 is 10.0 Å². The minimum absolute atomic E-state index is 0.203. The maximum absolute atomic E-state index is 11.7. The van der Waals surface area contributed by atoms with Crippen molar-refractivity contribution in [3.8, 4) is 0 Å². The Morgan fingerprint density at radius 3 is 2.52 bits per heavy atom. The molecule has 1 aromatic rings. The molecule has 130 valence electrons. The Morgan fingerprint density at radius 1 is 1.26 bits per heavy atom. The Balaban J connectivity index is 1.72. The van der Waals surface area contributed by atoms with Crippen LogP contribution in [0.5, 0.6) is 0 Å². The van der Waals surface area contributed by atoms with E-state index in [9.17, 15) is 13.5 Å². The summed E-state index contributed by atoms with van der Waals surface area (Å²) in [6.45, 7) is 4.86. The summed E-state index contributed by atoms with van der Waals surface area (Å²) < 4.78 is 26.1. The third kappa shape index (κ3) is 6.22. The lowest BCUT2D eigenvalue weighted by molar-refractivity contribution is 0.0899. The number of sulfonamides is 1. The lowest BCUT2D eigenvalue weighted by Crippen LogP contribution is -2.40. The number of piperidine rings is 1. The van der Waals surface area contributed by atoms with Gasteiger partial charge in [-0.15, -0.1) is 0 Å². The van der Waals surface area contributed by atoms with E-state index in [1.807, 2.05) is 37.3 Å². The van der Waals surface area contributed by atoms with Crippen molar-refractivity contribution >= 4 is 10.0 Å². The van der Waals surface area contributed by atoms with E-state index in [0.717, 1.165) is 31.5 Å². The van der Waals surface area contributed by atoms with Gasteiger partial charge in [-0.05, 0) is 43.8 Å². The summed E-state index contributed by atoms with van der Waals surface area (Å²) >= 11 is 0. The first-order valence-electron chi connectivity index (χ1n) is 8.43. The topological polar surface area (TPSA) is 69.6 Å². The van der Waals surface area contributed by atoms with E-state index in [1.54, 1.807) is 0 Å². The zero-order chi connectivity index (χ0) is 16.7. The van der Waals surface area contributed by atoms with Crippen molar-refractivity contribution in [1.29, 1.82) is 0 Å². The number of rotatable bonds is 8. The van der Waals surface area contributed by atoms with E-state index in [0.29, 0.717) is 25.4 Å². The third-order valence-corrected chi connectivity index (χ3v) is 5.94. The molecule has 1 aliphatic heterocycles. The highest BCUT2D eigenvalue weighted by Gasteiger charge is 2.22. The monoisotopic (exact) mass is 340 g/mol. The number of hydrogen-bond donors (Lipinski definition) is 2. The van der Waals surface area contributed by atoms with E-state index in [1.165, 1.54) is 0 Å². The van der Waals surface area contributed by atoms with E-state index >= 15 is 0 Å². The summed E-state index contributed by atoms with van der Waals surface area (Å²) in [7, 11) is -3.10. The van der Waals surface area contributed by atoms with Crippen molar-refractivity contribution in [3.63, 3.8) is 0 Å². The first kappa shape index (κ1) is 18.4. The van der Waals surface area contributed by atoms with Gasteiger partial charge in [0.15, 0.2) is 0 Å². The predicted molar refractivity (Wildman–Crippen MR) is 92.6 cm³/mol. The molecule has 2 rings (SSSR count). The molecule has 0 spiro atoms. The van der Waals surface area contributed by atoms with Crippen LogP contribution < -0.4 is 4.72 Å². The average Bonchev–Trinajstić information content (AvgIpc) is 2.55. The summed E-state index contributed by atoms with van der Waals surface area (Å²) in [5, 5.41) is 10.3. The fourth-order valence-electron chi connectivity index (χ4n) is 2.98. The molecule has 0 amide bonds. The highest BCUT2D eigenvalue weighted by atomic mass is 32.2. The van der Waals surface area contributed by atoms with E-state index in [2.05, 4.69) is 9.62 Å². The van der Waals surface area contributed by atoms with Gasteiger partial charge in [0.05, 0.1) is 11.9 Å². The van der Waals surface area contributed by atoms with Crippen molar-refractivity contribution in [2.24, 2.45) is 5.92 Å². The molecule has 1 atom stereocenters. The van der Waals surface area contributed by atoms with Crippen molar-refractivity contribution in [1.82, 2.24) is 9.62 Å². The number of likely N-dealkylation sites (tertiary alicyclic amines) is 1. The summed E-state index contributed by atoms with van der Waals surface area (Å²) in [4.78, 5) is 2.26. The molecule has 1 aromatic carbocycles. The average molecular weight is 340 g/mol. The van der Waals surface area contributed by atoms with E-state index in [4.69, 9.17) is 0 Å². The molecule has 5 nitrogen and oxygen atoms in total. The summed E-state index contributed by atoms with van der Waals surface area (Å²) in [5.41, 5.74) is 0.946. The minimum Gasteiger partial charge on any atom is -0.387 e. The molecule has 2 N–H and O–H groups in total. The van der Waals surface area contributed by atoms with Crippen LogP contribution in [0.25, 0.3) is 0 Å². The SMILES string of the molecule is CCCS(=O)(=O)NCC1CCN(CC(O)c2ccccc2)CC1. The zero-order valence-corrected chi connectivity index (χ0v) is 14.6. The molecule has 1 fully saturated rings. The molecule has 0 bridgehead atoms. The molecule has 1 saturated heterocycles. The Labute approximate surface area is 139 Å². The van der Waals surface area contributed by atoms with Gasteiger partial charge in [0, 0.05) is 13.1 Å². The standard InChI is InChI=1S/C17H28N2O3S/c1-2-12-23(21,22)18-13-15-8-10-19(11-9-15)14-17(20)16-6-4-3-5-7-16/h3-7,15,17-18,20H,2,8-14H2,1H3. The fourth-order valence-corrected chi connectivity index (χ4v) is 4.16. The first-order chi connectivity index (χ1) is 11.0. The van der Waals surface area contributed by atoms with Crippen LogP contribution in [0, 0.1) is 5.92 Å². The number of aliphatic hydroxyl groups is 1. The second-order valence-corrected chi connectivity index (χ2v) is 8.26. The number of β-amino-alcohol motifs (C(OH)–C–C–N with tert-alkyl or cyclic N) is 1. The molecule has 0 aromatic heterocycles. The van der Waals surface area contributed by atoms with Crippen LogP contribution in [0.2, 0.25) is 0 Å². The largest absolute Gasteiger partial charge is 0.387 e. The second-order valence-electron chi connectivity index (χ2n) is 6.34. The lowest BCUT2D eigenvalue weighted by atomic mass is 9.96. The van der Waals surface area contributed by atoms with Gasteiger partial charge in [-0.1, -0.05) is 37.3 Å². The molecular formula is C17H28N2O3S. The van der Waals surface area contributed by atoms with Crippen molar-refractivity contribution in [2.75, 3.05) is 31.9 Å². The minimum atomic E-state index is -3.10. The van der Waals surface area contributed by atoms with Crippen LogP contribution in [0.4, 0.5) is 0 Å². The number of aliphatic hydroxyl groups excluding tert-OH is 1. The molecule has 6 heteroatoms. The second kappa shape index (κ2) is 8.78. The summed E-state index contributed by atoms with van der Waals surface area (Å²) in [6, 6.07) is 9.71. The van der Waals surface area contributed by atoms with Gasteiger partial charge in [-0.3, -0.25) is 0 Å². The van der Waals surface area contributed by atoms with Gasteiger partial charge in [0.25, 0.3) is 0 Å². The first-order valence-corrected chi connectivity index (χ1v) is 10.1. The highest BCUT2D eigenvalue weighted by Crippen LogP contribution is 2.20. The zero-order valence-electron chi connectivity index (χ0n) is 13.8. The lowest BCUT2D eigenvalue weighted by Gasteiger charge is -2.33. The summed E-state index contributed by atoms with van der Waals surface area (Å²) in [5.74, 6) is 0.599. The fraction of sp³-hybridized carbons (Fsp3) is 0.647. The normalized spacial score (nSPS) is 18.9. The highest BCUT2D eigenvalue weighted by molar-refractivity contribution is 7.89. The third-order valence-electron chi connectivity index (χ3n) is 4.39. The predicted octanol–water partition coefficient (Wildman–Crippen LogP) is 1.76. The summed E-state index contributed by atoms with van der Waals surface area (Å²) in [6.07, 6.45) is 2.12. The number of hydrogen-bond acceptors (Lipinski definition) is 4. The van der Waals surface area contributed by atoms with Crippen LogP contribution in [0.1, 0.15) is 37.9 Å². The molecule has 0 saturated carbocycles. The van der Waals surface area contributed by atoms with Crippen LogP contribution in [0.3, 0.4) is 0 Å². The molecular weight excluding hydrogens is 312 g/mol. The molecule has 1 heterocycles. The maximum Gasteiger partial charge on any atom is 0.211 e. The molecule has 1 aliphatic rings. The smallest absolute Gasteiger partial charge is 0.211 e. The van der Waals surface area contributed by atoms with E-state index < -0.39 is 16.1 Å². The molecule has 23 heavy (non-hydrogen) atoms. The van der Waals surface area contributed by atoms with Gasteiger partial charge in [-0.2, -0.15) is 0 Å². The van der Waals surface area contributed by atoms with Gasteiger partial charge in [0.2, 0.25) is 10.0 Å². The van der Waals surface area contributed by atoms with Crippen molar-refractivity contribution < 1.29 is 13.5 Å². The Kier molecular flexibility index (Phi) is 7.02. The quantitative estimate of drug-likeness (QED) is 0.757. The molecule has 1 unspecified atom stereocenters. The van der Waals surface area contributed by atoms with Gasteiger partial charge >= 0.3 is 0 Å².